The van der Waals surface area contributed by atoms with Gasteiger partial charge in [-0.25, -0.2) is 17.8 Å². The molecule has 0 unspecified atom stereocenters. The Kier molecular flexibility index (Phi) is 6.71. The third-order valence-electron chi connectivity index (χ3n) is 6.76. The second-order valence-electron chi connectivity index (χ2n) is 9.43. The summed E-state index contributed by atoms with van der Waals surface area (Å²) >= 11 is 0. The second kappa shape index (κ2) is 9.73. The van der Waals surface area contributed by atoms with E-state index in [0.717, 1.165) is 29.0 Å². The number of hydrogen-bond acceptors (Lipinski definition) is 6. The zero-order chi connectivity index (χ0) is 27.2. The van der Waals surface area contributed by atoms with Gasteiger partial charge in [-0.15, -0.1) is 10.2 Å². The van der Waals surface area contributed by atoms with E-state index in [4.69, 9.17) is 0 Å². The molecule has 1 aromatic carbocycles. The lowest BCUT2D eigenvalue weighted by molar-refractivity contribution is -0.130. The number of hydrogen-bond donors (Lipinski definition) is 1. The third-order valence-corrected chi connectivity index (χ3v) is 8.58. The Labute approximate surface area is 215 Å². The molecule has 4 heterocycles. The average molecular weight is 553 g/mol. The molecule has 0 saturated heterocycles. The number of amides is 1. The summed E-state index contributed by atoms with van der Waals surface area (Å²) in [6, 6.07) is 7.54. The van der Waals surface area contributed by atoms with Gasteiger partial charge < -0.3 is 9.88 Å². The van der Waals surface area contributed by atoms with E-state index in [1.807, 2.05) is 4.57 Å². The maximum absolute atomic E-state index is 14.8. The summed E-state index contributed by atoms with van der Waals surface area (Å²) in [6.07, 6.45) is -4.20. The highest BCUT2D eigenvalue weighted by molar-refractivity contribution is 7.89. The molecule has 0 fully saturated rings. The van der Waals surface area contributed by atoms with Crippen molar-refractivity contribution in [2.75, 3.05) is 17.6 Å². The Morgan fingerprint density at radius 2 is 1.95 bits per heavy atom. The summed E-state index contributed by atoms with van der Waals surface area (Å²) in [7, 11) is -4.19. The van der Waals surface area contributed by atoms with Crippen molar-refractivity contribution >= 4 is 21.7 Å². The first-order valence-electron chi connectivity index (χ1n) is 12.0. The van der Waals surface area contributed by atoms with Gasteiger partial charge in [0.25, 0.3) is 5.91 Å². The van der Waals surface area contributed by atoms with Crippen LogP contribution in [0.25, 0.3) is 11.5 Å². The van der Waals surface area contributed by atoms with E-state index in [1.54, 1.807) is 12.1 Å². The van der Waals surface area contributed by atoms with Crippen molar-refractivity contribution in [3.63, 3.8) is 0 Å². The Morgan fingerprint density at radius 1 is 1.16 bits per heavy atom. The highest BCUT2D eigenvalue weighted by Crippen LogP contribution is 2.31. The van der Waals surface area contributed by atoms with Crippen molar-refractivity contribution in [3.8, 4) is 11.5 Å². The summed E-state index contributed by atoms with van der Waals surface area (Å²) in [4.78, 5) is 17.4. The number of pyridine rings is 1. The molecule has 5 rings (SSSR count). The molecule has 1 amide bonds. The molecule has 0 aliphatic carbocycles. The number of rotatable bonds is 6. The van der Waals surface area contributed by atoms with E-state index in [1.165, 1.54) is 12.1 Å². The summed E-state index contributed by atoms with van der Waals surface area (Å²) < 4.78 is 80.3. The number of alkyl halides is 3. The Hall–Kier alpha value is -3.39. The Balaban J connectivity index is 1.34. The largest absolute Gasteiger partial charge is 0.390 e. The smallest absolute Gasteiger partial charge is 0.307 e. The maximum Gasteiger partial charge on any atom is 0.390 e. The van der Waals surface area contributed by atoms with Crippen LogP contribution in [0.4, 0.5) is 23.4 Å². The Morgan fingerprint density at radius 3 is 2.71 bits per heavy atom. The van der Waals surface area contributed by atoms with Gasteiger partial charge in [0.1, 0.15) is 23.2 Å². The molecule has 3 aromatic rings. The molecule has 0 bridgehead atoms. The minimum atomic E-state index is -4.60. The van der Waals surface area contributed by atoms with Gasteiger partial charge in [-0.05, 0) is 55.2 Å². The highest BCUT2D eigenvalue weighted by Gasteiger charge is 2.34. The molecule has 2 aliphatic heterocycles. The molecule has 0 saturated carbocycles. The summed E-state index contributed by atoms with van der Waals surface area (Å²) in [5, 5.41) is 11.0. The average Bonchev–Trinajstić information content (AvgIpc) is 3.45. The standard InChI is InChI=1S/C24H24F4N6O3S/c1-14-5-6-21-31-32-22(34(14)21)19-3-2-4-20(29-19)30-23(35)17-11-16-13-33(9-7-15(16)12-18(17)25)38(36,37)10-8-24(26,27)28/h2-4,11-12,14H,5-10,13H2,1H3,(H,29,30,35)/t14-/m0/s1. The first-order chi connectivity index (χ1) is 17.9. The molecule has 202 valence electrons. The van der Waals surface area contributed by atoms with E-state index in [-0.39, 0.29) is 36.9 Å². The van der Waals surface area contributed by atoms with E-state index >= 15 is 0 Å². The summed E-state index contributed by atoms with van der Waals surface area (Å²) in [5.74, 6) is -1.09. The van der Waals surface area contributed by atoms with Crippen LogP contribution in [0.3, 0.4) is 0 Å². The monoisotopic (exact) mass is 552 g/mol. The zero-order valence-corrected chi connectivity index (χ0v) is 21.1. The molecule has 1 atom stereocenters. The molecule has 0 spiro atoms. The number of anilines is 1. The fourth-order valence-corrected chi connectivity index (χ4v) is 6.20. The molecule has 1 N–H and O–H groups in total. The predicted octanol–water partition coefficient (Wildman–Crippen LogP) is 3.88. The Bertz CT molecular complexity index is 1510. The number of aryl methyl sites for hydroxylation is 1. The van der Waals surface area contributed by atoms with E-state index < -0.39 is 40.1 Å². The lowest BCUT2D eigenvalue weighted by atomic mass is 9.97. The fourth-order valence-electron chi connectivity index (χ4n) is 4.75. The van der Waals surface area contributed by atoms with Crippen molar-refractivity contribution < 1.29 is 30.8 Å². The highest BCUT2D eigenvalue weighted by atomic mass is 32.2. The number of carbonyl (C=O) groups excluding carboxylic acids is 1. The van der Waals surface area contributed by atoms with Crippen LogP contribution in [0.1, 0.15) is 53.1 Å². The summed E-state index contributed by atoms with van der Waals surface area (Å²) in [5.41, 5.74) is 1.01. The minimum Gasteiger partial charge on any atom is -0.307 e. The number of nitrogens with zero attached hydrogens (tertiary/aromatic N) is 5. The van der Waals surface area contributed by atoms with Gasteiger partial charge in [0.2, 0.25) is 10.0 Å². The number of fused-ring (bicyclic) bond motifs is 2. The fraction of sp³-hybridized carbons (Fsp3) is 0.417. The number of carbonyl (C=O) groups is 1. The van der Waals surface area contributed by atoms with Crippen molar-refractivity contribution in [2.45, 2.75) is 51.4 Å². The SMILES string of the molecule is C[C@H]1CCc2nnc(-c3cccc(NC(=O)c4cc5c(cc4F)CCN(S(=O)(=O)CCC(F)(F)F)C5)n3)n21. The van der Waals surface area contributed by atoms with E-state index in [2.05, 4.69) is 27.4 Å². The number of aromatic nitrogens is 4. The van der Waals surface area contributed by atoms with Gasteiger partial charge in [0.05, 0.1) is 17.7 Å². The number of sulfonamides is 1. The quantitative estimate of drug-likeness (QED) is 0.465. The van der Waals surface area contributed by atoms with Crippen LogP contribution in [0.2, 0.25) is 0 Å². The molecule has 2 aromatic heterocycles. The van der Waals surface area contributed by atoms with Crippen LogP contribution in [0, 0.1) is 5.82 Å². The third kappa shape index (κ3) is 5.27. The molecule has 38 heavy (non-hydrogen) atoms. The zero-order valence-electron chi connectivity index (χ0n) is 20.3. The minimum absolute atomic E-state index is 0.0696. The number of benzene rings is 1. The lowest BCUT2D eigenvalue weighted by Gasteiger charge is -2.28. The van der Waals surface area contributed by atoms with Gasteiger partial charge in [-0.2, -0.15) is 17.5 Å². The number of halogens is 4. The van der Waals surface area contributed by atoms with Crippen molar-refractivity contribution in [2.24, 2.45) is 0 Å². The van der Waals surface area contributed by atoms with Gasteiger partial charge >= 0.3 is 6.18 Å². The molecule has 14 heteroatoms. The number of nitrogens with one attached hydrogen (secondary N) is 1. The van der Waals surface area contributed by atoms with Crippen LogP contribution in [-0.2, 0) is 29.4 Å². The van der Waals surface area contributed by atoms with Crippen LogP contribution in [0.5, 0.6) is 0 Å². The topological polar surface area (TPSA) is 110 Å². The van der Waals surface area contributed by atoms with Crippen molar-refractivity contribution in [1.29, 1.82) is 0 Å². The van der Waals surface area contributed by atoms with Crippen LogP contribution >= 0.6 is 0 Å². The van der Waals surface area contributed by atoms with Gasteiger partial charge in [-0.1, -0.05) is 6.07 Å². The normalized spacial score (nSPS) is 17.8. The first-order valence-corrected chi connectivity index (χ1v) is 13.6. The molecule has 2 aliphatic rings. The molecule has 0 radical (unpaired) electrons. The molecular weight excluding hydrogens is 528 g/mol. The summed E-state index contributed by atoms with van der Waals surface area (Å²) in [6.45, 7) is 1.73. The van der Waals surface area contributed by atoms with Crippen LogP contribution < -0.4 is 5.32 Å². The second-order valence-corrected chi connectivity index (χ2v) is 11.5. The van der Waals surface area contributed by atoms with Crippen molar-refractivity contribution in [3.05, 3.63) is 58.7 Å². The molecular formula is C24H24F4N6O3S. The maximum atomic E-state index is 14.8. The predicted molar refractivity (Wildman–Crippen MR) is 129 cm³/mol. The van der Waals surface area contributed by atoms with Crippen molar-refractivity contribution in [1.82, 2.24) is 24.1 Å². The lowest BCUT2D eigenvalue weighted by Crippen LogP contribution is -2.38. The van der Waals surface area contributed by atoms with Crippen LogP contribution in [0.15, 0.2) is 30.3 Å². The first kappa shape index (κ1) is 26.2. The van der Waals surface area contributed by atoms with Gasteiger partial charge in [-0.3, -0.25) is 4.79 Å². The van der Waals surface area contributed by atoms with E-state index in [9.17, 15) is 30.8 Å². The van der Waals surface area contributed by atoms with Gasteiger partial charge in [0.15, 0.2) is 5.82 Å². The molecule has 9 nitrogen and oxygen atoms in total. The van der Waals surface area contributed by atoms with E-state index in [0.29, 0.717) is 22.6 Å². The van der Waals surface area contributed by atoms with Gasteiger partial charge in [0, 0.05) is 25.6 Å². The van der Waals surface area contributed by atoms with Crippen LogP contribution in [-0.4, -0.2) is 56.9 Å².